The maximum Gasteiger partial charge on any atom is 0.320 e. The lowest BCUT2D eigenvalue weighted by molar-refractivity contribution is -0.143. The van der Waals surface area contributed by atoms with Crippen molar-refractivity contribution >= 4 is 29.2 Å². The molecule has 0 aliphatic carbocycles. The van der Waals surface area contributed by atoms with E-state index in [9.17, 15) is 4.79 Å². The molecule has 4 nitrogen and oxygen atoms in total. The fraction of sp³-hybridized carbons (Fsp3) is 0.500. The summed E-state index contributed by atoms with van der Waals surface area (Å²) < 4.78 is 0. The molecular weight excluding hydrogens is 299 g/mol. The van der Waals surface area contributed by atoms with E-state index in [1.165, 1.54) is 0 Å². The van der Waals surface area contributed by atoms with E-state index < -0.39 is 12.0 Å². The molecule has 1 unspecified atom stereocenters. The molecule has 20 heavy (non-hydrogen) atoms. The smallest absolute Gasteiger partial charge is 0.320 e. The fourth-order valence-electron chi connectivity index (χ4n) is 2.37. The summed E-state index contributed by atoms with van der Waals surface area (Å²) in [6.45, 7) is 5.56. The van der Waals surface area contributed by atoms with Crippen molar-refractivity contribution in [3.05, 3.63) is 33.8 Å². The van der Waals surface area contributed by atoms with Gasteiger partial charge in [0.05, 0.1) is 0 Å². The third kappa shape index (κ3) is 3.64. The van der Waals surface area contributed by atoms with E-state index in [1.54, 1.807) is 6.92 Å². The van der Waals surface area contributed by atoms with Crippen LogP contribution in [0, 0.1) is 0 Å². The van der Waals surface area contributed by atoms with Crippen LogP contribution in [0.25, 0.3) is 0 Å². The zero-order valence-electron chi connectivity index (χ0n) is 11.4. The molecule has 6 heteroatoms. The lowest BCUT2D eigenvalue weighted by Crippen LogP contribution is -2.51. The second kappa shape index (κ2) is 6.76. The molecule has 1 aliphatic rings. The number of halogens is 2. The quantitative estimate of drug-likeness (QED) is 0.927. The van der Waals surface area contributed by atoms with Crippen LogP contribution in [0.2, 0.25) is 10.0 Å². The third-order valence-corrected chi connectivity index (χ3v) is 4.46. The summed E-state index contributed by atoms with van der Waals surface area (Å²) in [7, 11) is 0. The number of hydrogen-bond donors (Lipinski definition) is 1. The standard InChI is InChI=1S/C14H18Cl2N2O2/c1-10(14(19)20)18-7-5-17(6-8-18)9-11-12(15)3-2-4-13(11)16/h2-4,10H,5-9H2,1H3,(H,19,20). The van der Waals surface area contributed by atoms with Gasteiger partial charge in [0.1, 0.15) is 6.04 Å². The monoisotopic (exact) mass is 316 g/mol. The zero-order valence-corrected chi connectivity index (χ0v) is 12.9. The van der Waals surface area contributed by atoms with Crippen LogP contribution >= 0.6 is 23.2 Å². The molecular formula is C14H18Cl2N2O2. The van der Waals surface area contributed by atoms with Crippen molar-refractivity contribution in [2.75, 3.05) is 26.2 Å². The van der Waals surface area contributed by atoms with Crippen molar-refractivity contribution in [2.45, 2.75) is 19.5 Å². The third-order valence-electron chi connectivity index (χ3n) is 3.76. The molecule has 0 aromatic heterocycles. The zero-order chi connectivity index (χ0) is 14.7. The molecule has 1 aromatic rings. The van der Waals surface area contributed by atoms with Crippen LogP contribution in [0.15, 0.2) is 18.2 Å². The van der Waals surface area contributed by atoms with E-state index in [0.29, 0.717) is 16.6 Å². The van der Waals surface area contributed by atoms with Gasteiger partial charge in [-0.1, -0.05) is 29.3 Å². The molecule has 0 bridgehead atoms. The van der Waals surface area contributed by atoms with Gasteiger partial charge in [-0.15, -0.1) is 0 Å². The summed E-state index contributed by atoms with van der Waals surface area (Å²) in [5, 5.41) is 10.4. The molecule has 2 rings (SSSR count). The van der Waals surface area contributed by atoms with Gasteiger partial charge in [-0.05, 0) is 19.1 Å². The van der Waals surface area contributed by atoms with Gasteiger partial charge in [-0.2, -0.15) is 0 Å². The van der Waals surface area contributed by atoms with Gasteiger partial charge in [0.2, 0.25) is 0 Å². The van der Waals surface area contributed by atoms with Crippen LogP contribution in [0.4, 0.5) is 0 Å². The van der Waals surface area contributed by atoms with Crippen molar-refractivity contribution in [1.82, 2.24) is 9.80 Å². The maximum atomic E-state index is 11.0. The Kier molecular flexibility index (Phi) is 5.27. The molecule has 0 spiro atoms. The Hall–Kier alpha value is -0.810. The van der Waals surface area contributed by atoms with Crippen molar-refractivity contribution in [2.24, 2.45) is 0 Å². The first-order valence-electron chi connectivity index (χ1n) is 6.61. The number of nitrogens with zero attached hydrogens (tertiary/aromatic N) is 2. The number of piperazine rings is 1. The summed E-state index contributed by atoms with van der Waals surface area (Å²) in [6.07, 6.45) is 0. The first kappa shape index (κ1) is 15.6. The average molecular weight is 317 g/mol. The summed E-state index contributed by atoms with van der Waals surface area (Å²) in [4.78, 5) is 15.2. The molecule has 0 amide bonds. The molecule has 0 radical (unpaired) electrons. The summed E-state index contributed by atoms with van der Waals surface area (Å²) >= 11 is 12.3. The first-order valence-corrected chi connectivity index (χ1v) is 7.36. The number of hydrogen-bond acceptors (Lipinski definition) is 3. The van der Waals surface area contributed by atoms with E-state index in [-0.39, 0.29) is 0 Å². The SMILES string of the molecule is CC(C(=O)O)N1CCN(Cc2c(Cl)cccc2Cl)CC1. The highest BCUT2D eigenvalue weighted by Gasteiger charge is 2.25. The predicted molar refractivity (Wildman–Crippen MR) is 80.4 cm³/mol. The topological polar surface area (TPSA) is 43.8 Å². The normalized spacial score (nSPS) is 18.9. The van der Waals surface area contributed by atoms with Crippen LogP contribution in [0.3, 0.4) is 0 Å². The summed E-state index contributed by atoms with van der Waals surface area (Å²) in [6, 6.07) is 5.08. The number of aliphatic carboxylic acids is 1. The first-order chi connectivity index (χ1) is 9.49. The Morgan fingerprint density at radius 1 is 1.25 bits per heavy atom. The van der Waals surface area contributed by atoms with E-state index in [4.69, 9.17) is 28.3 Å². The van der Waals surface area contributed by atoms with Crippen molar-refractivity contribution in [1.29, 1.82) is 0 Å². The van der Waals surface area contributed by atoms with Crippen LogP contribution in [0.1, 0.15) is 12.5 Å². The molecule has 1 atom stereocenters. The van der Waals surface area contributed by atoms with Crippen molar-refractivity contribution in [3.63, 3.8) is 0 Å². The van der Waals surface area contributed by atoms with Gasteiger partial charge in [-0.25, -0.2) is 0 Å². The number of benzene rings is 1. The van der Waals surface area contributed by atoms with Crippen LogP contribution in [-0.4, -0.2) is 53.1 Å². The van der Waals surface area contributed by atoms with Crippen LogP contribution in [-0.2, 0) is 11.3 Å². The number of carboxylic acid groups (broad SMARTS) is 1. The van der Waals surface area contributed by atoms with Gasteiger partial charge < -0.3 is 5.11 Å². The van der Waals surface area contributed by atoms with Gasteiger partial charge in [0.25, 0.3) is 0 Å². The molecule has 110 valence electrons. The molecule has 1 N–H and O–H groups in total. The Balaban J connectivity index is 1.93. The fourth-order valence-corrected chi connectivity index (χ4v) is 2.89. The second-order valence-corrected chi connectivity index (χ2v) is 5.84. The molecule has 0 saturated carbocycles. The number of carbonyl (C=O) groups is 1. The van der Waals surface area contributed by atoms with Gasteiger partial charge >= 0.3 is 5.97 Å². The van der Waals surface area contributed by atoms with Gasteiger partial charge in [0, 0.05) is 48.3 Å². The molecule has 1 heterocycles. The largest absolute Gasteiger partial charge is 0.480 e. The Bertz CT molecular complexity index is 468. The predicted octanol–water partition coefficient (Wildman–Crippen LogP) is 2.58. The summed E-state index contributed by atoms with van der Waals surface area (Å²) in [5.74, 6) is -0.771. The molecule has 1 aromatic carbocycles. The summed E-state index contributed by atoms with van der Waals surface area (Å²) in [5.41, 5.74) is 0.940. The Morgan fingerprint density at radius 2 is 1.80 bits per heavy atom. The highest BCUT2D eigenvalue weighted by molar-refractivity contribution is 6.35. The minimum absolute atomic E-state index is 0.430. The lowest BCUT2D eigenvalue weighted by atomic mass is 10.1. The van der Waals surface area contributed by atoms with Gasteiger partial charge in [-0.3, -0.25) is 14.6 Å². The minimum Gasteiger partial charge on any atom is -0.480 e. The van der Waals surface area contributed by atoms with Crippen molar-refractivity contribution < 1.29 is 9.90 Å². The lowest BCUT2D eigenvalue weighted by Gasteiger charge is -2.36. The number of carboxylic acids is 1. The van der Waals surface area contributed by atoms with Crippen molar-refractivity contribution in [3.8, 4) is 0 Å². The molecule has 1 saturated heterocycles. The van der Waals surface area contributed by atoms with E-state index in [2.05, 4.69) is 4.90 Å². The highest BCUT2D eigenvalue weighted by atomic mass is 35.5. The van der Waals surface area contributed by atoms with E-state index in [1.807, 2.05) is 23.1 Å². The Labute approximate surface area is 128 Å². The van der Waals surface area contributed by atoms with E-state index >= 15 is 0 Å². The Morgan fingerprint density at radius 3 is 2.30 bits per heavy atom. The van der Waals surface area contributed by atoms with Crippen LogP contribution < -0.4 is 0 Å². The van der Waals surface area contributed by atoms with E-state index in [0.717, 1.165) is 31.7 Å². The van der Waals surface area contributed by atoms with Crippen LogP contribution in [0.5, 0.6) is 0 Å². The average Bonchev–Trinajstić information content (AvgIpc) is 2.43. The number of rotatable bonds is 4. The second-order valence-electron chi connectivity index (χ2n) is 5.03. The maximum absolute atomic E-state index is 11.0. The molecule has 1 aliphatic heterocycles. The highest BCUT2D eigenvalue weighted by Crippen LogP contribution is 2.26. The molecule has 1 fully saturated rings. The minimum atomic E-state index is -0.771. The van der Waals surface area contributed by atoms with Gasteiger partial charge in [0.15, 0.2) is 0 Å².